The topological polar surface area (TPSA) is 56.3 Å². The molecule has 1 aromatic carbocycles. The number of morpholine rings is 1. The maximum atomic E-state index is 5.90. The molecule has 3 aromatic rings. The molecule has 1 unspecified atom stereocenters. The molecule has 0 aliphatic carbocycles. The molecule has 0 bridgehead atoms. The molecule has 0 amide bonds. The third-order valence-corrected chi connectivity index (χ3v) is 4.17. The van der Waals surface area contributed by atoms with Gasteiger partial charge in [0, 0.05) is 12.2 Å². The van der Waals surface area contributed by atoms with Gasteiger partial charge in [0.2, 0.25) is 0 Å². The van der Waals surface area contributed by atoms with Gasteiger partial charge in [0.25, 0.3) is 6.01 Å². The van der Waals surface area contributed by atoms with Crippen LogP contribution in [0.4, 0.5) is 6.01 Å². The summed E-state index contributed by atoms with van der Waals surface area (Å²) in [4.78, 5) is 6.73. The highest BCUT2D eigenvalue weighted by molar-refractivity contribution is 5.74. The largest absolute Gasteiger partial charge is 0.423 e. The summed E-state index contributed by atoms with van der Waals surface area (Å²) in [5.74, 6) is 0. The first-order valence-electron chi connectivity index (χ1n) is 7.92. The monoisotopic (exact) mass is 312 g/mol. The molecule has 0 spiro atoms. The molecule has 0 saturated carbocycles. The molecule has 0 radical (unpaired) electrons. The van der Waals surface area contributed by atoms with E-state index in [1.807, 2.05) is 35.9 Å². The van der Waals surface area contributed by atoms with Gasteiger partial charge in [-0.3, -0.25) is 4.68 Å². The Labute approximate surface area is 134 Å². The second-order valence-electron chi connectivity index (χ2n) is 6.01. The minimum atomic E-state index is 0.0803. The van der Waals surface area contributed by atoms with E-state index < -0.39 is 0 Å². The number of rotatable bonds is 3. The molecule has 1 aliphatic rings. The Morgan fingerprint density at radius 2 is 2.13 bits per heavy atom. The summed E-state index contributed by atoms with van der Waals surface area (Å²) >= 11 is 0. The Morgan fingerprint density at radius 1 is 1.26 bits per heavy atom. The Bertz CT molecular complexity index is 790. The molecule has 3 heterocycles. The zero-order valence-corrected chi connectivity index (χ0v) is 13.4. The van der Waals surface area contributed by atoms with Crippen LogP contribution in [0.5, 0.6) is 0 Å². The average molecular weight is 312 g/mol. The predicted molar refractivity (Wildman–Crippen MR) is 87.7 cm³/mol. The van der Waals surface area contributed by atoms with Crippen LogP contribution in [-0.2, 0) is 11.3 Å². The Balaban J connectivity index is 1.51. The fraction of sp³-hybridized carbons (Fsp3) is 0.412. The summed E-state index contributed by atoms with van der Waals surface area (Å²) in [5.41, 5.74) is 3.91. The normalized spacial score (nSPS) is 18.7. The number of aromatic nitrogens is 3. The van der Waals surface area contributed by atoms with Gasteiger partial charge in [-0.15, -0.1) is 0 Å². The summed E-state index contributed by atoms with van der Waals surface area (Å²) in [6.07, 6.45) is 0.0803. The van der Waals surface area contributed by atoms with Gasteiger partial charge in [-0.05, 0) is 32.0 Å². The second kappa shape index (κ2) is 5.70. The molecule has 6 heteroatoms. The van der Waals surface area contributed by atoms with Crippen molar-refractivity contribution in [3.63, 3.8) is 0 Å². The van der Waals surface area contributed by atoms with E-state index >= 15 is 0 Å². The Hall–Kier alpha value is -2.34. The van der Waals surface area contributed by atoms with E-state index in [1.54, 1.807) is 0 Å². The van der Waals surface area contributed by atoms with E-state index in [2.05, 4.69) is 28.0 Å². The van der Waals surface area contributed by atoms with Crippen LogP contribution in [0.15, 0.2) is 34.7 Å². The molecule has 6 nitrogen and oxygen atoms in total. The van der Waals surface area contributed by atoms with E-state index in [-0.39, 0.29) is 6.10 Å². The first kappa shape index (κ1) is 14.3. The highest BCUT2D eigenvalue weighted by Gasteiger charge is 2.25. The lowest BCUT2D eigenvalue weighted by Crippen LogP contribution is -2.44. The summed E-state index contributed by atoms with van der Waals surface area (Å²) in [5, 5.41) is 4.52. The third kappa shape index (κ3) is 2.82. The van der Waals surface area contributed by atoms with E-state index in [0.717, 1.165) is 42.1 Å². The van der Waals surface area contributed by atoms with Gasteiger partial charge in [0.05, 0.1) is 31.5 Å². The Morgan fingerprint density at radius 3 is 2.91 bits per heavy atom. The van der Waals surface area contributed by atoms with Crippen molar-refractivity contribution in [1.29, 1.82) is 0 Å². The molecule has 23 heavy (non-hydrogen) atoms. The average Bonchev–Trinajstić information content (AvgIpc) is 3.11. The van der Waals surface area contributed by atoms with Gasteiger partial charge in [-0.2, -0.15) is 10.1 Å². The van der Waals surface area contributed by atoms with Crippen molar-refractivity contribution >= 4 is 17.1 Å². The van der Waals surface area contributed by atoms with Crippen molar-refractivity contribution in [2.24, 2.45) is 0 Å². The number of nitrogens with zero attached hydrogens (tertiary/aromatic N) is 4. The number of para-hydroxylation sites is 2. The number of hydrogen-bond acceptors (Lipinski definition) is 5. The van der Waals surface area contributed by atoms with Crippen molar-refractivity contribution in [3.05, 3.63) is 41.7 Å². The summed E-state index contributed by atoms with van der Waals surface area (Å²) in [7, 11) is 0. The van der Waals surface area contributed by atoms with Crippen molar-refractivity contribution < 1.29 is 9.15 Å². The third-order valence-electron chi connectivity index (χ3n) is 4.17. The lowest BCUT2D eigenvalue weighted by atomic mass is 10.2. The predicted octanol–water partition coefficient (Wildman–Crippen LogP) is 2.55. The molecular weight excluding hydrogens is 292 g/mol. The fourth-order valence-electron chi connectivity index (χ4n) is 3.05. The van der Waals surface area contributed by atoms with Gasteiger partial charge >= 0.3 is 0 Å². The number of hydrogen-bond donors (Lipinski definition) is 0. The number of benzene rings is 1. The molecule has 1 atom stereocenters. The second-order valence-corrected chi connectivity index (χ2v) is 6.01. The Kier molecular flexibility index (Phi) is 3.53. The SMILES string of the molecule is Cc1cc(C)n(CC2CN(c3nc4ccccc4o3)CCO2)n1. The van der Waals surface area contributed by atoms with Crippen molar-refractivity contribution in [2.45, 2.75) is 26.5 Å². The van der Waals surface area contributed by atoms with Crippen LogP contribution in [0, 0.1) is 13.8 Å². The van der Waals surface area contributed by atoms with Crippen LogP contribution in [0.2, 0.25) is 0 Å². The molecular formula is C17H20N4O2. The molecule has 2 aromatic heterocycles. The maximum Gasteiger partial charge on any atom is 0.298 e. The lowest BCUT2D eigenvalue weighted by molar-refractivity contribution is 0.0255. The zero-order valence-electron chi connectivity index (χ0n) is 13.4. The number of anilines is 1. The number of fused-ring (bicyclic) bond motifs is 1. The summed E-state index contributed by atoms with van der Waals surface area (Å²) in [6.45, 7) is 7.04. The minimum Gasteiger partial charge on any atom is -0.423 e. The molecule has 4 rings (SSSR count). The molecule has 0 N–H and O–H groups in total. The fourth-order valence-corrected chi connectivity index (χ4v) is 3.05. The van der Waals surface area contributed by atoms with Crippen molar-refractivity contribution in [2.75, 3.05) is 24.6 Å². The van der Waals surface area contributed by atoms with Crippen molar-refractivity contribution in [3.8, 4) is 0 Å². The highest BCUT2D eigenvalue weighted by Crippen LogP contribution is 2.23. The van der Waals surface area contributed by atoms with Crippen LogP contribution in [0.1, 0.15) is 11.4 Å². The van der Waals surface area contributed by atoms with E-state index in [1.165, 1.54) is 0 Å². The highest BCUT2D eigenvalue weighted by atomic mass is 16.5. The van der Waals surface area contributed by atoms with E-state index in [9.17, 15) is 0 Å². The summed E-state index contributed by atoms with van der Waals surface area (Å²) in [6, 6.07) is 10.6. The van der Waals surface area contributed by atoms with Crippen LogP contribution in [0.3, 0.4) is 0 Å². The minimum absolute atomic E-state index is 0.0803. The quantitative estimate of drug-likeness (QED) is 0.744. The van der Waals surface area contributed by atoms with Gasteiger partial charge in [-0.1, -0.05) is 12.1 Å². The van der Waals surface area contributed by atoms with Gasteiger partial charge in [0.1, 0.15) is 5.52 Å². The van der Waals surface area contributed by atoms with E-state index in [4.69, 9.17) is 9.15 Å². The van der Waals surface area contributed by atoms with Crippen LogP contribution >= 0.6 is 0 Å². The number of oxazole rings is 1. The van der Waals surface area contributed by atoms with Gasteiger partial charge in [0.15, 0.2) is 5.58 Å². The molecule has 1 aliphatic heterocycles. The van der Waals surface area contributed by atoms with E-state index in [0.29, 0.717) is 12.6 Å². The van der Waals surface area contributed by atoms with Crippen molar-refractivity contribution in [1.82, 2.24) is 14.8 Å². The first-order chi connectivity index (χ1) is 11.2. The first-order valence-corrected chi connectivity index (χ1v) is 7.92. The van der Waals surface area contributed by atoms with Crippen LogP contribution in [0.25, 0.3) is 11.1 Å². The van der Waals surface area contributed by atoms with Crippen LogP contribution in [-0.4, -0.2) is 40.6 Å². The van der Waals surface area contributed by atoms with Gasteiger partial charge in [-0.25, -0.2) is 0 Å². The number of aryl methyl sites for hydroxylation is 2. The molecule has 120 valence electrons. The standard InChI is InChI=1S/C17H20N4O2/c1-12-9-13(2)21(19-12)11-14-10-20(7-8-22-14)17-18-15-5-3-4-6-16(15)23-17/h3-6,9,14H,7-8,10-11H2,1-2H3. The molecule has 1 saturated heterocycles. The lowest BCUT2D eigenvalue weighted by Gasteiger charge is -2.32. The maximum absolute atomic E-state index is 5.90. The number of ether oxygens (including phenoxy) is 1. The summed E-state index contributed by atoms with van der Waals surface area (Å²) < 4.78 is 13.8. The smallest absolute Gasteiger partial charge is 0.298 e. The van der Waals surface area contributed by atoms with Crippen LogP contribution < -0.4 is 4.90 Å². The molecule has 1 fully saturated rings. The van der Waals surface area contributed by atoms with Gasteiger partial charge < -0.3 is 14.1 Å². The zero-order chi connectivity index (χ0) is 15.8.